The van der Waals surface area contributed by atoms with Crippen LogP contribution in [0.15, 0.2) is 47.4 Å². The van der Waals surface area contributed by atoms with E-state index >= 15 is 0 Å². The average molecular weight is 489 g/mol. The average Bonchev–Trinajstić information content (AvgIpc) is 3.05. The van der Waals surface area contributed by atoms with Crippen molar-refractivity contribution in [2.45, 2.75) is 19.4 Å². The Kier molecular flexibility index (Phi) is 8.01. The number of thiocarbonyl (C=S) groups is 1. The van der Waals surface area contributed by atoms with Crippen molar-refractivity contribution in [2.75, 3.05) is 13.7 Å². The number of ether oxygens (including phenoxy) is 2. The molecule has 0 atom stereocenters. The minimum absolute atomic E-state index is 0.0120. The first-order valence-electron chi connectivity index (χ1n) is 9.80. The molecular weight excluding hydrogens is 468 g/mol. The summed E-state index contributed by atoms with van der Waals surface area (Å²) in [4.78, 5) is 35.9. The van der Waals surface area contributed by atoms with E-state index in [1.165, 1.54) is 18.1 Å². The highest BCUT2D eigenvalue weighted by atomic mass is 32.2. The predicted octanol–water partition coefficient (Wildman–Crippen LogP) is 4.25. The summed E-state index contributed by atoms with van der Waals surface area (Å²) in [6.07, 6.45) is 1.94. The molecule has 172 valence electrons. The molecule has 0 saturated carbocycles. The summed E-state index contributed by atoms with van der Waals surface area (Å²) in [6.45, 7) is 0.234. The van der Waals surface area contributed by atoms with Gasteiger partial charge in [-0.3, -0.25) is 24.6 Å². The molecule has 11 heteroatoms. The van der Waals surface area contributed by atoms with Crippen molar-refractivity contribution in [2.24, 2.45) is 0 Å². The fourth-order valence-corrected chi connectivity index (χ4v) is 4.40. The van der Waals surface area contributed by atoms with Gasteiger partial charge in [-0.05, 0) is 36.3 Å². The molecule has 1 N–H and O–H groups in total. The van der Waals surface area contributed by atoms with Gasteiger partial charge < -0.3 is 14.6 Å². The smallest absolute Gasteiger partial charge is 0.303 e. The van der Waals surface area contributed by atoms with E-state index in [2.05, 4.69) is 0 Å². The van der Waals surface area contributed by atoms with Crippen molar-refractivity contribution < 1.29 is 29.1 Å². The van der Waals surface area contributed by atoms with Gasteiger partial charge >= 0.3 is 5.97 Å². The van der Waals surface area contributed by atoms with Gasteiger partial charge in [0.2, 0.25) is 0 Å². The molecule has 2 aromatic rings. The minimum Gasteiger partial charge on any atom is -0.493 e. The zero-order valence-electron chi connectivity index (χ0n) is 17.6. The van der Waals surface area contributed by atoms with Crippen LogP contribution in [0, 0.1) is 10.1 Å². The van der Waals surface area contributed by atoms with Gasteiger partial charge in [0.25, 0.3) is 11.6 Å². The third-order valence-corrected chi connectivity index (χ3v) is 6.08. The number of thioether (sulfide) groups is 1. The fourth-order valence-electron chi connectivity index (χ4n) is 3.09. The monoisotopic (exact) mass is 488 g/mol. The van der Waals surface area contributed by atoms with Crippen LogP contribution in [0.2, 0.25) is 0 Å². The lowest BCUT2D eigenvalue weighted by Gasteiger charge is -2.13. The molecule has 1 amide bonds. The van der Waals surface area contributed by atoms with E-state index < -0.39 is 10.9 Å². The summed E-state index contributed by atoms with van der Waals surface area (Å²) in [6, 6.07) is 11.4. The molecule has 33 heavy (non-hydrogen) atoms. The molecular formula is C22H20N2O7S2. The maximum absolute atomic E-state index is 12.7. The molecule has 0 spiro atoms. The van der Waals surface area contributed by atoms with Gasteiger partial charge in [-0.25, -0.2) is 0 Å². The number of rotatable bonds is 10. The quantitative estimate of drug-likeness (QED) is 0.226. The Balaban J connectivity index is 1.73. The van der Waals surface area contributed by atoms with Gasteiger partial charge in [-0.2, -0.15) is 0 Å². The van der Waals surface area contributed by atoms with Gasteiger partial charge in [0.15, 0.2) is 11.5 Å². The van der Waals surface area contributed by atoms with Crippen LogP contribution in [0.3, 0.4) is 0 Å². The number of carboxylic acids is 1. The number of amides is 1. The number of hydrogen-bond acceptors (Lipinski definition) is 8. The van der Waals surface area contributed by atoms with Gasteiger partial charge in [0.05, 0.1) is 22.5 Å². The Labute approximate surface area is 199 Å². The second-order valence-corrected chi connectivity index (χ2v) is 8.59. The summed E-state index contributed by atoms with van der Waals surface area (Å²) >= 11 is 6.41. The van der Waals surface area contributed by atoms with Gasteiger partial charge in [0, 0.05) is 19.0 Å². The molecule has 0 unspecified atom stereocenters. The lowest BCUT2D eigenvalue weighted by atomic mass is 10.1. The number of nitro benzene ring substituents is 1. The number of methoxy groups -OCH3 is 1. The minimum atomic E-state index is -0.924. The van der Waals surface area contributed by atoms with E-state index in [0.29, 0.717) is 38.3 Å². The first-order chi connectivity index (χ1) is 15.8. The van der Waals surface area contributed by atoms with Crippen LogP contribution in [-0.4, -0.2) is 44.8 Å². The Morgan fingerprint density at radius 1 is 1.27 bits per heavy atom. The number of carbonyl (C=O) groups is 2. The third-order valence-electron chi connectivity index (χ3n) is 4.70. The molecule has 1 saturated heterocycles. The Bertz CT molecular complexity index is 1130. The first-order valence-corrected chi connectivity index (χ1v) is 11.0. The molecule has 0 bridgehead atoms. The summed E-state index contributed by atoms with van der Waals surface area (Å²) < 4.78 is 11.5. The van der Waals surface area contributed by atoms with E-state index in [0.717, 1.165) is 11.8 Å². The van der Waals surface area contributed by atoms with Crippen LogP contribution in [0.4, 0.5) is 5.69 Å². The number of benzene rings is 2. The largest absolute Gasteiger partial charge is 0.493 e. The second kappa shape index (κ2) is 10.9. The lowest BCUT2D eigenvalue weighted by Crippen LogP contribution is -2.29. The van der Waals surface area contributed by atoms with Crippen LogP contribution in [0.1, 0.15) is 24.0 Å². The number of nitrogens with zero attached hydrogens (tertiary/aromatic N) is 2. The zero-order chi connectivity index (χ0) is 24.0. The number of carbonyl (C=O) groups excluding carboxylic acids is 1. The molecule has 0 aromatic heterocycles. The molecule has 1 aliphatic rings. The normalized spacial score (nSPS) is 14.6. The number of carboxylic acid groups (broad SMARTS) is 1. The topological polar surface area (TPSA) is 119 Å². The number of hydrogen-bond donors (Lipinski definition) is 1. The fraction of sp³-hybridized carbons (Fsp3) is 0.227. The predicted molar refractivity (Wildman–Crippen MR) is 127 cm³/mol. The molecule has 0 radical (unpaired) electrons. The number of aliphatic carboxylic acids is 1. The van der Waals surface area contributed by atoms with Crippen LogP contribution in [0.25, 0.3) is 6.08 Å². The highest BCUT2D eigenvalue weighted by molar-refractivity contribution is 8.26. The highest BCUT2D eigenvalue weighted by Gasteiger charge is 2.31. The van der Waals surface area contributed by atoms with Crippen LogP contribution in [-0.2, 0) is 16.2 Å². The Morgan fingerprint density at radius 2 is 2.03 bits per heavy atom. The molecule has 0 aliphatic carbocycles. The zero-order valence-corrected chi connectivity index (χ0v) is 19.2. The molecule has 1 fully saturated rings. The standard InChI is InChI=1S/C22H20N2O7S2/c1-30-18-11-14(12-19-21(27)23(22(32)33-19)10-4-7-20(25)26)8-9-17(18)31-13-15-5-2-3-6-16(15)24(28)29/h2-3,5-6,8-9,11-12H,4,7,10,13H2,1H3,(H,25,26)/b19-12-. The highest BCUT2D eigenvalue weighted by Crippen LogP contribution is 2.35. The second-order valence-electron chi connectivity index (χ2n) is 6.92. The Hall–Kier alpha value is -3.44. The van der Waals surface area contributed by atoms with Crippen LogP contribution in [0.5, 0.6) is 11.5 Å². The van der Waals surface area contributed by atoms with Crippen molar-refractivity contribution in [3.05, 3.63) is 68.6 Å². The van der Waals surface area contributed by atoms with Crippen molar-refractivity contribution in [3.63, 3.8) is 0 Å². The third kappa shape index (κ3) is 6.08. The molecule has 1 heterocycles. The molecule has 2 aromatic carbocycles. The van der Waals surface area contributed by atoms with E-state index in [4.69, 9.17) is 26.8 Å². The summed E-state index contributed by atoms with van der Waals surface area (Å²) in [7, 11) is 1.47. The van der Waals surface area contributed by atoms with Gasteiger partial charge in [-0.15, -0.1) is 0 Å². The van der Waals surface area contributed by atoms with Crippen LogP contribution >= 0.6 is 24.0 Å². The lowest BCUT2D eigenvalue weighted by molar-refractivity contribution is -0.385. The van der Waals surface area contributed by atoms with Gasteiger partial charge in [-0.1, -0.05) is 42.2 Å². The van der Waals surface area contributed by atoms with E-state index in [9.17, 15) is 19.7 Å². The summed E-state index contributed by atoms with van der Waals surface area (Å²) in [5, 5.41) is 20.0. The molecule has 9 nitrogen and oxygen atoms in total. The van der Waals surface area contributed by atoms with Crippen molar-refractivity contribution in [1.29, 1.82) is 0 Å². The first kappa shape index (κ1) is 24.2. The van der Waals surface area contributed by atoms with Crippen molar-refractivity contribution in [3.8, 4) is 11.5 Å². The molecule has 1 aliphatic heterocycles. The SMILES string of the molecule is COc1cc(/C=C2\SC(=S)N(CCCC(=O)O)C2=O)ccc1OCc1ccccc1[N+](=O)[O-]. The molecule has 3 rings (SSSR count). The maximum Gasteiger partial charge on any atom is 0.303 e. The van der Waals surface area contributed by atoms with Crippen LogP contribution < -0.4 is 9.47 Å². The van der Waals surface area contributed by atoms with Gasteiger partial charge in [0.1, 0.15) is 10.9 Å². The van der Waals surface area contributed by atoms with Crippen molar-refractivity contribution in [1.82, 2.24) is 4.90 Å². The van der Waals surface area contributed by atoms with E-state index in [1.54, 1.807) is 42.5 Å². The number of nitro groups is 1. The maximum atomic E-state index is 12.7. The van der Waals surface area contributed by atoms with Crippen molar-refractivity contribution >= 4 is 51.9 Å². The summed E-state index contributed by atoms with van der Waals surface area (Å²) in [5.74, 6) is -0.397. The van der Waals surface area contributed by atoms with E-state index in [-0.39, 0.29) is 31.2 Å². The summed E-state index contributed by atoms with van der Waals surface area (Å²) in [5.41, 5.74) is 1.08. The Morgan fingerprint density at radius 3 is 2.73 bits per heavy atom. The van der Waals surface area contributed by atoms with E-state index in [1.807, 2.05) is 0 Å². The number of para-hydroxylation sites is 1.